The van der Waals surface area contributed by atoms with Crippen LogP contribution in [0.3, 0.4) is 0 Å². The summed E-state index contributed by atoms with van der Waals surface area (Å²) >= 11 is 0. The van der Waals surface area contributed by atoms with Crippen LogP contribution in [-0.4, -0.2) is 24.0 Å². The molecule has 1 saturated carbocycles. The molecule has 1 heterocycles. The van der Waals surface area contributed by atoms with Crippen molar-refractivity contribution < 1.29 is 8.42 Å². The fraction of sp³-hybridized carbons (Fsp3) is 0.667. The molecule has 15 heavy (non-hydrogen) atoms. The third-order valence-corrected chi connectivity index (χ3v) is 3.72. The number of aromatic nitrogens is 2. The highest BCUT2D eigenvalue weighted by molar-refractivity contribution is 7.88. The van der Waals surface area contributed by atoms with Crippen LogP contribution in [0.25, 0.3) is 0 Å². The molecular weight excluding hydrogens is 214 g/mol. The van der Waals surface area contributed by atoms with Crippen LogP contribution in [0.4, 0.5) is 0 Å². The van der Waals surface area contributed by atoms with Gasteiger partial charge in [-0.2, -0.15) is 0 Å². The van der Waals surface area contributed by atoms with E-state index in [4.69, 9.17) is 0 Å². The molecule has 6 heteroatoms. The Morgan fingerprint density at radius 2 is 2.33 bits per heavy atom. The Kier molecular flexibility index (Phi) is 2.79. The van der Waals surface area contributed by atoms with Crippen molar-refractivity contribution in [3.63, 3.8) is 0 Å². The third kappa shape index (κ3) is 2.79. The molecule has 0 aromatic carbocycles. The summed E-state index contributed by atoms with van der Waals surface area (Å²) in [5.74, 6) is 0.579. The fourth-order valence-corrected chi connectivity index (χ4v) is 2.84. The SMILES string of the molecule is CCn1ccnc1CS(=O)(=O)NC1CC1. The number of sulfonamides is 1. The smallest absolute Gasteiger partial charge is 0.219 e. The van der Waals surface area contributed by atoms with Crippen LogP contribution in [0.15, 0.2) is 12.4 Å². The van der Waals surface area contributed by atoms with Gasteiger partial charge in [0.15, 0.2) is 0 Å². The highest BCUT2D eigenvalue weighted by atomic mass is 32.2. The van der Waals surface area contributed by atoms with Crippen LogP contribution in [0.1, 0.15) is 25.6 Å². The maximum absolute atomic E-state index is 11.7. The Morgan fingerprint density at radius 3 is 2.93 bits per heavy atom. The van der Waals surface area contributed by atoms with Crippen LogP contribution in [0.5, 0.6) is 0 Å². The van der Waals surface area contributed by atoms with Gasteiger partial charge in [-0.3, -0.25) is 0 Å². The Balaban J connectivity index is 2.06. The maximum Gasteiger partial charge on any atom is 0.219 e. The molecule has 0 spiro atoms. The number of nitrogens with one attached hydrogen (secondary N) is 1. The number of imidazole rings is 1. The van der Waals surface area contributed by atoms with E-state index in [-0.39, 0.29) is 11.8 Å². The molecule has 0 saturated heterocycles. The minimum atomic E-state index is -3.21. The first-order chi connectivity index (χ1) is 7.11. The van der Waals surface area contributed by atoms with Crippen LogP contribution in [-0.2, 0) is 22.3 Å². The predicted octanol–water partition coefficient (Wildman–Crippen LogP) is 0.485. The van der Waals surface area contributed by atoms with Gasteiger partial charge in [-0.1, -0.05) is 0 Å². The second-order valence-electron chi connectivity index (χ2n) is 3.78. The molecular formula is C9H15N3O2S. The van der Waals surface area contributed by atoms with Crippen molar-refractivity contribution in [1.82, 2.24) is 14.3 Å². The third-order valence-electron chi connectivity index (χ3n) is 2.39. The number of aryl methyl sites for hydroxylation is 1. The lowest BCUT2D eigenvalue weighted by Gasteiger charge is -2.06. The van der Waals surface area contributed by atoms with E-state index in [1.165, 1.54) is 0 Å². The highest BCUT2D eigenvalue weighted by Crippen LogP contribution is 2.20. The van der Waals surface area contributed by atoms with E-state index in [0.29, 0.717) is 5.82 Å². The van der Waals surface area contributed by atoms with Crippen LogP contribution >= 0.6 is 0 Å². The van der Waals surface area contributed by atoms with Gasteiger partial charge >= 0.3 is 0 Å². The van der Waals surface area contributed by atoms with Gasteiger partial charge in [0.05, 0.1) is 0 Å². The summed E-state index contributed by atoms with van der Waals surface area (Å²) in [6, 6.07) is 0.167. The molecule has 1 aliphatic rings. The summed E-state index contributed by atoms with van der Waals surface area (Å²) in [5, 5.41) is 0. The second kappa shape index (κ2) is 3.94. The van der Waals surface area contributed by atoms with E-state index in [0.717, 1.165) is 19.4 Å². The topological polar surface area (TPSA) is 64.0 Å². The molecule has 0 atom stereocenters. The molecule has 5 nitrogen and oxygen atoms in total. The second-order valence-corrected chi connectivity index (χ2v) is 5.53. The normalized spacial score (nSPS) is 16.9. The van der Waals surface area contributed by atoms with Crippen molar-refractivity contribution in [2.75, 3.05) is 0 Å². The minimum absolute atomic E-state index is 0.0235. The highest BCUT2D eigenvalue weighted by Gasteiger charge is 2.27. The number of hydrogen-bond acceptors (Lipinski definition) is 3. The molecule has 0 amide bonds. The first kappa shape index (κ1) is 10.6. The van der Waals surface area contributed by atoms with Crippen LogP contribution in [0, 0.1) is 0 Å². The van der Waals surface area contributed by atoms with Crippen LogP contribution in [0.2, 0.25) is 0 Å². The van der Waals surface area contributed by atoms with Gasteiger partial charge in [0.2, 0.25) is 10.0 Å². The first-order valence-corrected chi connectivity index (χ1v) is 6.76. The summed E-state index contributed by atoms with van der Waals surface area (Å²) in [7, 11) is -3.21. The van der Waals surface area contributed by atoms with E-state index in [1.807, 2.05) is 11.5 Å². The molecule has 84 valence electrons. The zero-order valence-electron chi connectivity index (χ0n) is 8.68. The van der Waals surface area contributed by atoms with Crippen molar-refractivity contribution in [3.8, 4) is 0 Å². The van der Waals surface area contributed by atoms with Crippen LogP contribution < -0.4 is 4.72 Å². The molecule has 0 aliphatic heterocycles. The van der Waals surface area contributed by atoms with Crippen molar-refractivity contribution in [2.45, 2.75) is 38.1 Å². The summed E-state index contributed by atoms with van der Waals surface area (Å²) in [5.41, 5.74) is 0. The zero-order chi connectivity index (χ0) is 10.9. The summed E-state index contributed by atoms with van der Waals surface area (Å²) in [6.45, 7) is 2.71. The van der Waals surface area contributed by atoms with E-state index in [1.54, 1.807) is 12.4 Å². The molecule has 0 unspecified atom stereocenters. The van der Waals surface area contributed by atoms with Crippen molar-refractivity contribution in [1.29, 1.82) is 0 Å². The van der Waals surface area contributed by atoms with E-state index < -0.39 is 10.0 Å². The Morgan fingerprint density at radius 1 is 1.60 bits per heavy atom. The largest absolute Gasteiger partial charge is 0.334 e. The molecule has 1 aromatic rings. The lowest BCUT2D eigenvalue weighted by Crippen LogP contribution is -2.28. The van der Waals surface area contributed by atoms with E-state index in [9.17, 15) is 8.42 Å². The summed E-state index contributed by atoms with van der Waals surface area (Å²) < 4.78 is 27.8. The molecule has 1 fully saturated rings. The number of nitrogens with zero attached hydrogens (tertiary/aromatic N) is 2. The average Bonchev–Trinajstić information content (AvgIpc) is 2.82. The predicted molar refractivity (Wildman–Crippen MR) is 56.7 cm³/mol. The van der Waals surface area contributed by atoms with Crippen molar-refractivity contribution in [2.24, 2.45) is 0 Å². The lowest BCUT2D eigenvalue weighted by atomic mass is 10.6. The Labute approximate surface area is 89.6 Å². The first-order valence-electron chi connectivity index (χ1n) is 5.11. The molecule has 0 bridgehead atoms. The standard InChI is InChI=1S/C9H15N3O2S/c1-2-12-6-5-10-9(12)7-15(13,14)11-8-3-4-8/h5-6,8,11H,2-4,7H2,1H3. The van der Waals surface area contributed by atoms with Gasteiger partial charge in [0.1, 0.15) is 11.6 Å². The summed E-state index contributed by atoms with van der Waals surface area (Å²) in [6.07, 6.45) is 5.34. The van der Waals surface area contributed by atoms with Crippen molar-refractivity contribution >= 4 is 10.0 Å². The molecule has 2 rings (SSSR count). The monoisotopic (exact) mass is 229 g/mol. The lowest BCUT2D eigenvalue weighted by molar-refractivity contribution is 0.576. The van der Waals surface area contributed by atoms with Crippen molar-refractivity contribution in [3.05, 3.63) is 18.2 Å². The fourth-order valence-electron chi connectivity index (χ4n) is 1.43. The van der Waals surface area contributed by atoms with Gasteiger partial charge in [0, 0.05) is 25.0 Å². The Hall–Kier alpha value is -0.880. The summed E-state index contributed by atoms with van der Waals surface area (Å²) in [4.78, 5) is 4.04. The van der Waals surface area contributed by atoms with Gasteiger partial charge in [-0.15, -0.1) is 0 Å². The molecule has 1 N–H and O–H groups in total. The molecule has 1 aromatic heterocycles. The zero-order valence-corrected chi connectivity index (χ0v) is 9.50. The maximum atomic E-state index is 11.7. The molecule has 1 aliphatic carbocycles. The Bertz CT molecular complexity index is 434. The van der Waals surface area contributed by atoms with Gasteiger partial charge < -0.3 is 4.57 Å². The van der Waals surface area contributed by atoms with E-state index in [2.05, 4.69) is 9.71 Å². The van der Waals surface area contributed by atoms with Gasteiger partial charge in [-0.25, -0.2) is 18.1 Å². The molecule has 0 radical (unpaired) electrons. The quantitative estimate of drug-likeness (QED) is 0.799. The van der Waals surface area contributed by atoms with Gasteiger partial charge in [0.25, 0.3) is 0 Å². The van der Waals surface area contributed by atoms with E-state index >= 15 is 0 Å². The number of rotatable bonds is 5. The van der Waals surface area contributed by atoms with Gasteiger partial charge in [-0.05, 0) is 19.8 Å². The minimum Gasteiger partial charge on any atom is -0.334 e. The number of hydrogen-bond donors (Lipinski definition) is 1. The average molecular weight is 229 g/mol.